The van der Waals surface area contributed by atoms with Gasteiger partial charge in [0.2, 0.25) is 0 Å². The van der Waals surface area contributed by atoms with Crippen molar-refractivity contribution in [2.45, 2.75) is 31.4 Å². The Hall–Kier alpha value is -1.07. The number of rotatable bonds is 6. The van der Waals surface area contributed by atoms with Gasteiger partial charge in [-0.1, -0.05) is 12.1 Å². The van der Waals surface area contributed by atoms with E-state index in [0.717, 1.165) is 37.2 Å². The quantitative estimate of drug-likeness (QED) is 0.815. The number of piperidine rings is 1. The molecule has 0 aromatic heterocycles. The Kier molecular flexibility index (Phi) is 5.43. The van der Waals surface area contributed by atoms with Crippen LogP contribution in [0.2, 0.25) is 0 Å². The van der Waals surface area contributed by atoms with Crippen LogP contribution in [0.5, 0.6) is 5.75 Å². The minimum Gasteiger partial charge on any atom is -0.494 e. The zero-order valence-electron chi connectivity index (χ0n) is 12.0. The van der Waals surface area contributed by atoms with Crippen molar-refractivity contribution in [2.75, 3.05) is 25.4 Å². The van der Waals surface area contributed by atoms with E-state index in [9.17, 15) is 8.42 Å². The first-order valence-electron chi connectivity index (χ1n) is 7.20. The minimum absolute atomic E-state index is 0.164. The van der Waals surface area contributed by atoms with Gasteiger partial charge in [-0.05, 0) is 57.0 Å². The predicted octanol–water partition coefficient (Wildman–Crippen LogP) is 1.93. The highest BCUT2D eigenvalue weighted by atomic mass is 32.2. The van der Waals surface area contributed by atoms with Gasteiger partial charge >= 0.3 is 0 Å². The van der Waals surface area contributed by atoms with Gasteiger partial charge in [0.15, 0.2) is 9.84 Å². The molecular weight excluding hydrogens is 274 g/mol. The van der Waals surface area contributed by atoms with Crippen molar-refractivity contribution in [1.82, 2.24) is 5.32 Å². The van der Waals surface area contributed by atoms with E-state index >= 15 is 0 Å². The molecule has 1 heterocycles. The Bertz CT molecular complexity index is 522. The maximum Gasteiger partial charge on any atom is 0.153 e. The molecule has 20 heavy (non-hydrogen) atoms. The summed E-state index contributed by atoms with van der Waals surface area (Å²) in [4.78, 5) is 0. The first-order valence-corrected chi connectivity index (χ1v) is 8.91. The Morgan fingerprint density at radius 1 is 1.30 bits per heavy atom. The lowest BCUT2D eigenvalue weighted by Crippen LogP contribution is -2.37. The van der Waals surface area contributed by atoms with Gasteiger partial charge in [-0.25, -0.2) is 8.42 Å². The molecular formula is C15H23NO3S. The molecule has 0 atom stereocenters. The predicted molar refractivity (Wildman–Crippen MR) is 81.0 cm³/mol. The summed E-state index contributed by atoms with van der Waals surface area (Å²) in [6.07, 6.45) is 2.03. The van der Waals surface area contributed by atoms with E-state index in [1.54, 1.807) is 0 Å². The van der Waals surface area contributed by atoms with Gasteiger partial charge in [-0.3, -0.25) is 0 Å². The van der Waals surface area contributed by atoms with Gasteiger partial charge in [0.1, 0.15) is 5.75 Å². The number of ether oxygens (including phenoxy) is 1. The molecule has 1 aliphatic rings. The first-order chi connectivity index (χ1) is 9.58. The van der Waals surface area contributed by atoms with Crippen molar-refractivity contribution in [3.63, 3.8) is 0 Å². The number of nitrogens with one attached hydrogen (secondary N) is 1. The molecule has 112 valence electrons. The van der Waals surface area contributed by atoms with Crippen LogP contribution >= 0.6 is 0 Å². The van der Waals surface area contributed by atoms with Gasteiger partial charge in [0.25, 0.3) is 0 Å². The second kappa shape index (κ2) is 7.09. The lowest BCUT2D eigenvalue weighted by Gasteiger charge is -2.22. The van der Waals surface area contributed by atoms with Crippen LogP contribution in [-0.2, 0) is 9.84 Å². The van der Waals surface area contributed by atoms with Gasteiger partial charge in [0, 0.05) is 0 Å². The highest BCUT2D eigenvalue weighted by molar-refractivity contribution is 7.92. The smallest absolute Gasteiger partial charge is 0.153 e. The largest absolute Gasteiger partial charge is 0.494 e. The third-order valence-electron chi connectivity index (χ3n) is 3.63. The van der Waals surface area contributed by atoms with Crippen molar-refractivity contribution in [2.24, 2.45) is 0 Å². The molecule has 2 rings (SSSR count). The highest BCUT2D eigenvalue weighted by Crippen LogP contribution is 2.16. The molecule has 1 aliphatic heterocycles. The highest BCUT2D eigenvalue weighted by Gasteiger charge is 2.26. The fraction of sp³-hybridized carbons (Fsp3) is 0.600. The molecule has 0 unspecified atom stereocenters. The van der Waals surface area contributed by atoms with Gasteiger partial charge in [0.05, 0.1) is 17.6 Å². The molecule has 0 radical (unpaired) electrons. The molecule has 1 aromatic carbocycles. The van der Waals surface area contributed by atoms with E-state index < -0.39 is 9.84 Å². The molecule has 0 spiro atoms. The number of sulfone groups is 1. The van der Waals surface area contributed by atoms with Crippen LogP contribution in [0, 0.1) is 6.92 Å². The SMILES string of the molecule is Cc1cccc(OCCCS(=O)(=O)C2CCNCC2)c1. The van der Waals surface area contributed by atoms with Crippen LogP contribution in [0.3, 0.4) is 0 Å². The van der Waals surface area contributed by atoms with Crippen LogP contribution in [0.25, 0.3) is 0 Å². The summed E-state index contributed by atoms with van der Waals surface area (Å²) < 4.78 is 29.9. The third-order valence-corrected chi connectivity index (χ3v) is 5.97. The van der Waals surface area contributed by atoms with Crippen LogP contribution in [-0.4, -0.2) is 39.1 Å². The Morgan fingerprint density at radius 3 is 2.75 bits per heavy atom. The van der Waals surface area contributed by atoms with E-state index in [0.29, 0.717) is 13.0 Å². The Morgan fingerprint density at radius 2 is 2.05 bits per heavy atom. The zero-order chi connectivity index (χ0) is 14.4. The molecule has 1 N–H and O–H groups in total. The van der Waals surface area contributed by atoms with Crippen LogP contribution in [0.1, 0.15) is 24.8 Å². The van der Waals surface area contributed by atoms with Crippen LogP contribution < -0.4 is 10.1 Å². The molecule has 0 amide bonds. The monoisotopic (exact) mass is 297 g/mol. The number of hydrogen-bond donors (Lipinski definition) is 1. The second-order valence-electron chi connectivity index (χ2n) is 5.33. The summed E-state index contributed by atoms with van der Waals surface area (Å²) in [7, 11) is -2.97. The molecule has 0 saturated carbocycles. The normalized spacial score (nSPS) is 17.1. The van der Waals surface area contributed by atoms with E-state index in [2.05, 4.69) is 5.32 Å². The first kappa shape index (κ1) is 15.3. The van der Waals surface area contributed by atoms with Gasteiger partial charge in [-0.15, -0.1) is 0 Å². The Balaban J connectivity index is 1.75. The summed E-state index contributed by atoms with van der Waals surface area (Å²) in [5.41, 5.74) is 1.14. The van der Waals surface area contributed by atoms with Gasteiger partial charge < -0.3 is 10.1 Å². The molecule has 0 aliphatic carbocycles. The summed E-state index contributed by atoms with van der Waals surface area (Å²) in [6, 6.07) is 7.81. The average Bonchev–Trinajstić information content (AvgIpc) is 2.45. The topological polar surface area (TPSA) is 55.4 Å². The maximum atomic E-state index is 12.2. The number of benzene rings is 1. The number of hydrogen-bond acceptors (Lipinski definition) is 4. The second-order valence-corrected chi connectivity index (χ2v) is 7.74. The van der Waals surface area contributed by atoms with Crippen molar-refractivity contribution in [3.8, 4) is 5.75 Å². The maximum absolute atomic E-state index is 12.2. The van der Waals surface area contributed by atoms with E-state index in [4.69, 9.17) is 4.74 Å². The lowest BCUT2D eigenvalue weighted by atomic mass is 10.2. The number of aryl methyl sites for hydroxylation is 1. The van der Waals surface area contributed by atoms with Crippen molar-refractivity contribution < 1.29 is 13.2 Å². The minimum atomic E-state index is -2.97. The summed E-state index contributed by atoms with van der Waals surface area (Å²) in [6.45, 7) is 4.08. The van der Waals surface area contributed by atoms with Crippen molar-refractivity contribution >= 4 is 9.84 Å². The Labute approximate surface area is 121 Å². The molecule has 5 heteroatoms. The third kappa shape index (κ3) is 4.49. The molecule has 1 aromatic rings. The fourth-order valence-corrected chi connectivity index (χ4v) is 4.28. The van der Waals surface area contributed by atoms with Crippen LogP contribution in [0.15, 0.2) is 24.3 Å². The summed E-state index contributed by atoms with van der Waals surface area (Å²) in [5.74, 6) is 1.04. The van der Waals surface area contributed by atoms with E-state index in [1.165, 1.54) is 0 Å². The average molecular weight is 297 g/mol. The fourth-order valence-electron chi connectivity index (χ4n) is 2.48. The van der Waals surface area contributed by atoms with Crippen LogP contribution in [0.4, 0.5) is 0 Å². The summed E-state index contributed by atoms with van der Waals surface area (Å²) in [5, 5.41) is 3.03. The van der Waals surface area contributed by atoms with Gasteiger partial charge in [-0.2, -0.15) is 0 Å². The summed E-state index contributed by atoms with van der Waals surface area (Å²) >= 11 is 0. The zero-order valence-corrected chi connectivity index (χ0v) is 12.8. The molecule has 1 fully saturated rings. The standard InChI is InChI=1S/C15H23NO3S/c1-13-4-2-5-14(12-13)19-10-3-11-20(17,18)15-6-8-16-9-7-15/h2,4-5,12,15-16H,3,6-11H2,1H3. The van der Waals surface area contributed by atoms with Crippen molar-refractivity contribution in [1.29, 1.82) is 0 Å². The molecule has 1 saturated heterocycles. The molecule has 0 bridgehead atoms. The molecule has 4 nitrogen and oxygen atoms in total. The van der Waals surface area contributed by atoms with Crippen molar-refractivity contribution in [3.05, 3.63) is 29.8 Å². The van der Waals surface area contributed by atoms with E-state index in [1.807, 2.05) is 31.2 Å². The van der Waals surface area contributed by atoms with E-state index in [-0.39, 0.29) is 11.0 Å². The lowest BCUT2D eigenvalue weighted by molar-refractivity contribution is 0.317.